The summed E-state index contributed by atoms with van der Waals surface area (Å²) in [6.07, 6.45) is 0.541. The molecular formula is C10H15AsN2O4. The van der Waals surface area contributed by atoms with Crippen LogP contribution in [0.3, 0.4) is 0 Å². The molecule has 0 aliphatic heterocycles. The number of hydrogen-bond acceptors (Lipinski definition) is 3. The zero-order valence-electron chi connectivity index (χ0n) is 9.33. The molecule has 0 spiro atoms. The van der Waals surface area contributed by atoms with E-state index in [1.807, 2.05) is 6.92 Å². The van der Waals surface area contributed by atoms with Crippen LogP contribution in [0.1, 0.15) is 13.3 Å². The first kappa shape index (κ1) is 13.8. The van der Waals surface area contributed by atoms with Gasteiger partial charge in [0.2, 0.25) is 0 Å². The Kier molecular flexibility index (Phi) is 4.39. The molecule has 6 nitrogen and oxygen atoms in total. The standard InChI is InChI=1S/C10H15AsN2O4/c1-2-9(10(12)14)13-8-5-3-7(4-6-8)11(15,16)17/h3-6,9,13H,2H2,1H3,(H2,12,14)(H2,15,16,17). The number of anilines is 1. The van der Waals surface area contributed by atoms with Crippen LogP contribution in [0.4, 0.5) is 5.69 Å². The van der Waals surface area contributed by atoms with E-state index >= 15 is 0 Å². The maximum absolute atomic E-state index is 11.0. The fraction of sp³-hybridized carbons (Fsp3) is 0.300. The van der Waals surface area contributed by atoms with Crippen molar-refractivity contribution in [2.24, 2.45) is 5.73 Å². The van der Waals surface area contributed by atoms with Crippen LogP contribution in [0.25, 0.3) is 0 Å². The van der Waals surface area contributed by atoms with E-state index in [4.69, 9.17) is 13.9 Å². The van der Waals surface area contributed by atoms with Gasteiger partial charge in [0, 0.05) is 0 Å². The Morgan fingerprint density at radius 3 is 2.29 bits per heavy atom. The number of hydrogen-bond donors (Lipinski definition) is 4. The molecule has 0 saturated heterocycles. The minimum atomic E-state index is -4.83. The quantitative estimate of drug-likeness (QED) is 0.517. The molecule has 0 heterocycles. The van der Waals surface area contributed by atoms with Crippen molar-refractivity contribution in [1.82, 2.24) is 0 Å². The van der Waals surface area contributed by atoms with Crippen LogP contribution in [-0.2, 0) is 8.53 Å². The molecule has 94 valence electrons. The third-order valence-corrected chi connectivity index (χ3v) is 4.33. The zero-order valence-corrected chi connectivity index (χ0v) is 11.2. The SMILES string of the molecule is CCC(Nc1ccc([As](=O)(O)O)cc1)C(N)=O. The van der Waals surface area contributed by atoms with E-state index in [0.717, 1.165) is 0 Å². The van der Waals surface area contributed by atoms with Gasteiger partial charge in [-0.15, -0.1) is 0 Å². The molecule has 1 amide bonds. The molecule has 1 rings (SSSR count). The van der Waals surface area contributed by atoms with Crippen LogP contribution in [0.2, 0.25) is 0 Å². The van der Waals surface area contributed by atoms with Crippen molar-refractivity contribution in [3.63, 3.8) is 0 Å². The third-order valence-electron chi connectivity index (χ3n) is 2.30. The maximum atomic E-state index is 11.0. The van der Waals surface area contributed by atoms with Gasteiger partial charge in [0.05, 0.1) is 0 Å². The molecule has 1 aromatic rings. The molecule has 0 radical (unpaired) electrons. The average Bonchev–Trinajstić information content (AvgIpc) is 2.25. The first-order valence-corrected chi connectivity index (χ1v) is 8.45. The van der Waals surface area contributed by atoms with E-state index in [-0.39, 0.29) is 4.35 Å². The van der Waals surface area contributed by atoms with E-state index in [1.165, 1.54) is 24.3 Å². The summed E-state index contributed by atoms with van der Waals surface area (Å²) in [4.78, 5) is 11.0. The molecule has 0 bridgehead atoms. The molecule has 0 aromatic heterocycles. The third kappa shape index (κ3) is 3.92. The van der Waals surface area contributed by atoms with Crippen LogP contribution < -0.4 is 15.4 Å². The van der Waals surface area contributed by atoms with Crippen molar-refractivity contribution in [2.45, 2.75) is 19.4 Å². The van der Waals surface area contributed by atoms with Crippen molar-refractivity contribution in [3.8, 4) is 0 Å². The fourth-order valence-corrected chi connectivity index (χ4v) is 2.46. The molecule has 0 aliphatic rings. The number of nitrogens with one attached hydrogen (secondary N) is 1. The fourth-order valence-electron chi connectivity index (χ4n) is 1.33. The van der Waals surface area contributed by atoms with E-state index in [0.29, 0.717) is 12.1 Å². The van der Waals surface area contributed by atoms with Crippen molar-refractivity contribution < 1.29 is 16.7 Å². The van der Waals surface area contributed by atoms with Crippen molar-refractivity contribution in [1.29, 1.82) is 0 Å². The van der Waals surface area contributed by atoms with Gasteiger partial charge in [-0.3, -0.25) is 0 Å². The first-order chi connectivity index (χ1) is 7.84. The van der Waals surface area contributed by atoms with Crippen LogP contribution >= 0.6 is 0 Å². The number of primary amides is 1. The molecule has 5 N–H and O–H groups in total. The second-order valence-corrected chi connectivity index (χ2v) is 6.96. The molecule has 17 heavy (non-hydrogen) atoms. The predicted molar refractivity (Wildman–Crippen MR) is 63.9 cm³/mol. The van der Waals surface area contributed by atoms with Gasteiger partial charge in [0.25, 0.3) is 0 Å². The topological polar surface area (TPSA) is 113 Å². The monoisotopic (exact) mass is 302 g/mol. The summed E-state index contributed by atoms with van der Waals surface area (Å²) < 4.78 is 28.9. The van der Waals surface area contributed by atoms with Gasteiger partial charge in [0.15, 0.2) is 0 Å². The van der Waals surface area contributed by atoms with Crippen molar-refractivity contribution in [2.75, 3.05) is 5.32 Å². The van der Waals surface area contributed by atoms with Crippen LogP contribution in [0.15, 0.2) is 24.3 Å². The summed E-state index contributed by atoms with van der Waals surface area (Å²) in [5.41, 5.74) is 5.77. The number of amides is 1. The van der Waals surface area contributed by atoms with Crippen LogP contribution in [0, 0.1) is 0 Å². The van der Waals surface area contributed by atoms with Gasteiger partial charge in [-0.25, -0.2) is 0 Å². The second kappa shape index (κ2) is 5.40. The number of rotatable bonds is 5. The molecule has 1 atom stereocenters. The summed E-state index contributed by atoms with van der Waals surface area (Å²) in [5, 5.41) is 2.89. The Hall–Kier alpha value is -1.23. The normalized spacial score (nSPS) is 13.1. The van der Waals surface area contributed by atoms with Gasteiger partial charge < -0.3 is 0 Å². The molecule has 1 unspecified atom stereocenters. The average molecular weight is 302 g/mol. The predicted octanol–water partition coefficient (Wildman–Crippen LogP) is -1.08. The minimum absolute atomic E-state index is 0.000739. The van der Waals surface area contributed by atoms with Gasteiger partial charge in [-0.05, 0) is 0 Å². The van der Waals surface area contributed by atoms with Crippen LogP contribution in [-0.4, -0.2) is 34.3 Å². The van der Waals surface area contributed by atoms with Gasteiger partial charge >= 0.3 is 102 Å². The Morgan fingerprint density at radius 2 is 1.94 bits per heavy atom. The van der Waals surface area contributed by atoms with E-state index in [1.54, 1.807) is 0 Å². The Bertz CT molecular complexity index is 440. The van der Waals surface area contributed by atoms with E-state index < -0.39 is 26.1 Å². The summed E-state index contributed by atoms with van der Waals surface area (Å²) in [5.74, 6) is -0.462. The second-order valence-electron chi connectivity index (χ2n) is 3.60. The van der Waals surface area contributed by atoms with Crippen LogP contribution in [0.5, 0.6) is 0 Å². The van der Waals surface area contributed by atoms with Gasteiger partial charge in [-0.1, -0.05) is 0 Å². The molecule has 1 aromatic carbocycles. The zero-order chi connectivity index (χ0) is 13.1. The summed E-state index contributed by atoms with van der Waals surface area (Å²) >= 11 is -4.83. The Balaban J connectivity index is 2.82. The molecule has 0 fully saturated rings. The van der Waals surface area contributed by atoms with Crippen molar-refractivity contribution >= 4 is 30.1 Å². The number of carbonyl (C=O) groups excluding carboxylic acids is 1. The number of benzene rings is 1. The number of carbonyl (C=O) groups is 1. The van der Waals surface area contributed by atoms with Gasteiger partial charge in [0.1, 0.15) is 0 Å². The molecule has 7 heteroatoms. The van der Waals surface area contributed by atoms with Crippen molar-refractivity contribution in [3.05, 3.63) is 24.3 Å². The summed E-state index contributed by atoms with van der Waals surface area (Å²) in [7, 11) is 0. The number of nitrogens with two attached hydrogens (primary N) is 1. The molecule has 0 aliphatic carbocycles. The first-order valence-electron chi connectivity index (χ1n) is 5.06. The van der Waals surface area contributed by atoms with Gasteiger partial charge in [-0.2, -0.15) is 0 Å². The Labute approximate surface area is 102 Å². The molecule has 0 saturated carbocycles. The van der Waals surface area contributed by atoms with E-state index in [9.17, 15) is 8.53 Å². The summed E-state index contributed by atoms with van der Waals surface area (Å²) in [6, 6.07) is 5.23. The Morgan fingerprint density at radius 1 is 1.41 bits per heavy atom. The van der Waals surface area contributed by atoms with E-state index in [2.05, 4.69) is 5.32 Å². The summed E-state index contributed by atoms with van der Waals surface area (Å²) in [6.45, 7) is 1.81. The molecular weight excluding hydrogens is 287 g/mol.